The molecule has 0 saturated heterocycles. The number of rotatable bonds is 3. The minimum Gasteiger partial charge on any atom is -0.451 e. The van der Waals surface area contributed by atoms with Gasteiger partial charge in [-0.15, -0.1) is 12.4 Å². The zero-order chi connectivity index (χ0) is 8.32. The number of aromatic nitrogens is 1. The minimum absolute atomic E-state index is 0. The van der Waals surface area contributed by atoms with E-state index in [1.807, 2.05) is 0 Å². The van der Waals surface area contributed by atoms with Crippen LogP contribution in [0.5, 0.6) is 0 Å². The zero-order valence-corrected chi connectivity index (χ0v) is 7.89. The maximum absolute atomic E-state index is 10.4. The Balaban J connectivity index is 0.00000121. The van der Waals surface area contributed by atoms with E-state index in [2.05, 4.69) is 13.6 Å². The largest absolute Gasteiger partial charge is 0.451 e. The van der Waals surface area contributed by atoms with E-state index in [0.29, 0.717) is 5.69 Å². The van der Waals surface area contributed by atoms with Gasteiger partial charge >= 0.3 is 0 Å². The maximum Gasteiger partial charge on any atom is 0.264 e. The molecule has 0 amide bonds. The van der Waals surface area contributed by atoms with Gasteiger partial charge < -0.3 is 4.42 Å². The van der Waals surface area contributed by atoms with Crippen molar-refractivity contribution in [2.75, 3.05) is 6.26 Å². The van der Waals surface area contributed by atoms with Gasteiger partial charge in [-0.05, 0) is 0 Å². The molecule has 0 aromatic carbocycles. The topological polar surface area (TPSA) is 69.4 Å². The quantitative estimate of drug-likeness (QED) is 0.687. The summed E-state index contributed by atoms with van der Waals surface area (Å²) in [5.74, 6) is 0. The Morgan fingerprint density at radius 3 is 2.75 bits per heavy atom. The van der Waals surface area contributed by atoms with Crippen LogP contribution in [-0.2, 0) is 20.9 Å². The minimum atomic E-state index is -3.38. The second-order valence-electron chi connectivity index (χ2n) is 1.95. The lowest BCUT2D eigenvalue weighted by molar-refractivity contribution is 0.307. The highest BCUT2D eigenvalue weighted by molar-refractivity contribution is 7.85. The Hall–Kier alpha value is -0.590. The van der Waals surface area contributed by atoms with E-state index in [4.69, 9.17) is 0 Å². The molecule has 1 aromatic rings. The van der Waals surface area contributed by atoms with E-state index in [9.17, 15) is 8.42 Å². The predicted molar refractivity (Wildman–Crippen MR) is 43.4 cm³/mol. The molecule has 7 heteroatoms. The molecular formula is C5H8ClNO4S. The SMILES string of the molecule is CS(=O)(=O)OCc1cocn1.Cl. The van der Waals surface area contributed by atoms with Gasteiger partial charge in [-0.25, -0.2) is 4.98 Å². The standard InChI is InChI=1S/C5H7NO4S.ClH/c1-11(7,8)10-3-5-2-9-4-6-5;/h2,4H,3H2,1H3;1H. The smallest absolute Gasteiger partial charge is 0.264 e. The summed E-state index contributed by atoms with van der Waals surface area (Å²) in [6.07, 6.45) is 3.51. The third-order valence-corrected chi connectivity index (χ3v) is 1.45. The number of oxazole rings is 1. The first-order valence-electron chi connectivity index (χ1n) is 2.79. The second kappa shape index (κ2) is 4.44. The van der Waals surface area contributed by atoms with Crippen LogP contribution < -0.4 is 0 Å². The molecule has 1 heterocycles. The molecular weight excluding hydrogens is 206 g/mol. The molecule has 5 nitrogen and oxygen atoms in total. The van der Waals surface area contributed by atoms with Crippen LogP contribution in [0.4, 0.5) is 0 Å². The van der Waals surface area contributed by atoms with Gasteiger partial charge in [0.05, 0.1) is 6.26 Å². The van der Waals surface area contributed by atoms with Crippen molar-refractivity contribution in [2.45, 2.75) is 6.61 Å². The van der Waals surface area contributed by atoms with Crippen molar-refractivity contribution in [3.63, 3.8) is 0 Å². The average Bonchev–Trinajstić information content (AvgIpc) is 2.32. The van der Waals surface area contributed by atoms with Crippen molar-refractivity contribution in [2.24, 2.45) is 0 Å². The zero-order valence-electron chi connectivity index (χ0n) is 6.26. The summed E-state index contributed by atoms with van der Waals surface area (Å²) in [5.41, 5.74) is 0.454. The Morgan fingerprint density at radius 2 is 2.33 bits per heavy atom. The van der Waals surface area contributed by atoms with E-state index < -0.39 is 10.1 Å². The first kappa shape index (κ1) is 11.4. The molecule has 1 rings (SSSR count). The van der Waals surface area contributed by atoms with Gasteiger partial charge in [0.25, 0.3) is 10.1 Å². The van der Waals surface area contributed by atoms with Crippen molar-refractivity contribution in [1.29, 1.82) is 0 Å². The summed E-state index contributed by atoms with van der Waals surface area (Å²) in [7, 11) is -3.38. The van der Waals surface area contributed by atoms with Crippen LogP contribution in [0, 0.1) is 0 Å². The molecule has 0 radical (unpaired) electrons. The molecule has 0 spiro atoms. The molecule has 0 aliphatic heterocycles. The van der Waals surface area contributed by atoms with Gasteiger partial charge in [-0.3, -0.25) is 4.18 Å². The Labute approximate surface area is 76.3 Å². The lowest BCUT2D eigenvalue weighted by Gasteiger charge is -1.94. The molecule has 0 saturated carbocycles. The van der Waals surface area contributed by atoms with Crippen molar-refractivity contribution >= 4 is 22.5 Å². The predicted octanol–water partition coefficient (Wildman–Crippen LogP) is 0.573. The first-order valence-corrected chi connectivity index (χ1v) is 4.61. The fraction of sp³-hybridized carbons (Fsp3) is 0.400. The van der Waals surface area contributed by atoms with E-state index in [1.54, 1.807) is 0 Å². The van der Waals surface area contributed by atoms with E-state index in [-0.39, 0.29) is 19.0 Å². The number of hydrogen-bond donors (Lipinski definition) is 0. The summed E-state index contributed by atoms with van der Waals surface area (Å²) in [6.45, 7) is -0.0741. The Morgan fingerprint density at radius 1 is 1.67 bits per heavy atom. The normalized spacial score (nSPS) is 10.8. The Bertz CT molecular complexity index is 306. The molecule has 0 aliphatic carbocycles. The fourth-order valence-electron chi connectivity index (χ4n) is 0.476. The van der Waals surface area contributed by atoms with Crippen LogP contribution in [0.15, 0.2) is 17.1 Å². The summed E-state index contributed by atoms with van der Waals surface area (Å²) in [5, 5.41) is 0. The molecule has 0 aliphatic rings. The van der Waals surface area contributed by atoms with Gasteiger partial charge in [-0.2, -0.15) is 8.42 Å². The summed E-state index contributed by atoms with van der Waals surface area (Å²) < 4.78 is 29.9. The highest BCUT2D eigenvalue weighted by Gasteiger charge is 2.03. The van der Waals surface area contributed by atoms with E-state index >= 15 is 0 Å². The fourth-order valence-corrected chi connectivity index (χ4v) is 0.811. The summed E-state index contributed by atoms with van der Waals surface area (Å²) >= 11 is 0. The average molecular weight is 214 g/mol. The lowest BCUT2D eigenvalue weighted by Crippen LogP contribution is -2.02. The van der Waals surface area contributed by atoms with Gasteiger partial charge in [0.2, 0.25) is 0 Å². The highest BCUT2D eigenvalue weighted by Crippen LogP contribution is 1.99. The number of nitrogens with zero attached hydrogens (tertiary/aromatic N) is 1. The third kappa shape index (κ3) is 4.32. The Kier molecular flexibility index (Phi) is 4.22. The number of hydrogen-bond acceptors (Lipinski definition) is 5. The van der Waals surface area contributed by atoms with Gasteiger partial charge in [0.1, 0.15) is 18.6 Å². The summed E-state index contributed by atoms with van der Waals surface area (Å²) in [6, 6.07) is 0. The van der Waals surface area contributed by atoms with Crippen LogP contribution in [0.1, 0.15) is 5.69 Å². The monoisotopic (exact) mass is 213 g/mol. The first-order chi connectivity index (χ1) is 5.08. The van der Waals surface area contributed by atoms with Gasteiger partial charge in [0, 0.05) is 0 Å². The maximum atomic E-state index is 10.4. The van der Waals surface area contributed by atoms with Crippen molar-refractivity contribution in [1.82, 2.24) is 4.98 Å². The van der Waals surface area contributed by atoms with Crippen molar-refractivity contribution < 1.29 is 17.0 Å². The van der Waals surface area contributed by atoms with Crippen molar-refractivity contribution in [3.05, 3.63) is 18.4 Å². The molecule has 70 valence electrons. The lowest BCUT2D eigenvalue weighted by atomic mass is 10.5. The van der Waals surface area contributed by atoms with Crippen LogP contribution >= 0.6 is 12.4 Å². The molecule has 0 fully saturated rings. The van der Waals surface area contributed by atoms with Crippen LogP contribution in [-0.4, -0.2) is 19.7 Å². The third-order valence-electron chi connectivity index (χ3n) is 0.904. The molecule has 0 unspecified atom stereocenters. The number of halogens is 1. The van der Waals surface area contributed by atoms with Crippen LogP contribution in [0.2, 0.25) is 0 Å². The second-order valence-corrected chi connectivity index (χ2v) is 3.59. The van der Waals surface area contributed by atoms with Crippen molar-refractivity contribution in [3.8, 4) is 0 Å². The molecule has 0 atom stereocenters. The van der Waals surface area contributed by atoms with Crippen LogP contribution in [0.25, 0.3) is 0 Å². The molecule has 1 aromatic heterocycles. The molecule has 0 N–H and O–H groups in total. The van der Waals surface area contributed by atoms with E-state index in [1.165, 1.54) is 12.7 Å². The van der Waals surface area contributed by atoms with Crippen LogP contribution in [0.3, 0.4) is 0 Å². The molecule has 0 bridgehead atoms. The van der Waals surface area contributed by atoms with E-state index in [0.717, 1.165) is 6.26 Å². The summed E-state index contributed by atoms with van der Waals surface area (Å²) in [4.78, 5) is 3.66. The van der Waals surface area contributed by atoms with Gasteiger partial charge in [0.15, 0.2) is 6.39 Å². The highest BCUT2D eigenvalue weighted by atomic mass is 35.5. The van der Waals surface area contributed by atoms with Gasteiger partial charge in [-0.1, -0.05) is 0 Å². The molecule has 12 heavy (non-hydrogen) atoms.